The summed E-state index contributed by atoms with van der Waals surface area (Å²) in [7, 11) is 1.56. The molecule has 1 aromatic carbocycles. The molecular weight excluding hydrogens is 368 g/mol. The number of rotatable bonds is 6. The van der Waals surface area contributed by atoms with Crippen LogP contribution in [0.3, 0.4) is 0 Å². The Morgan fingerprint density at radius 1 is 1.10 bits per heavy atom. The molecule has 150 valence electrons. The van der Waals surface area contributed by atoms with Crippen molar-refractivity contribution in [2.24, 2.45) is 0 Å². The summed E-state index contributed by atoms with van der Waals surface area (Å²) >= 11 is 0. The Labute approximate surface area is 169 Å². The maximum absolute atomic E-state index is 12.5. The Kier molecular flexibility index (Phi) is 5.81. The fourth-order valence-electron chi connectivity index (χ4n) is 3.52. The summed E-state index contributed by atoms with van der Waals surface area (Å²) in [6.07, 6.45) is 2.64. The zero-order valence-corrected chi connectivity index (χ0v) is 16.4. The number of benzene rings is 1. The Bertz CT molecular complexity index is 972. The fraction of sp³-hybridized carbons (Fsp3) is 0.333. The highest BCUT2D eigenvalue weighted by Gasteiger charge is 2.20. The molecule has 1 aliphatic rings. The second-order valence-corrected chi connectivity index (χ2v) is 6.91. The molecule has 8 nitrogen and oxygen atoms in total. The number of para-hydroxylation sites is 1. The van der Waals surface area contributed by atoms with E-state index in [0.717, 1.165) is 49.9 Å². The molecular formula is C21H24N6O2. The topological polar surface area (TPSA) is 85.2 Å². The van der Waals surface area contributed by atoms with E-state index in [1.807, 2.05) is 36.5 Å². The van der Waals surface area contributed by atoms with Crippen LogP contribution in [0.25, 0.3) is 0 Å². The first-order chi connectivity index (χ1) is 14.2. The van der Waals surface area contributed by atoms with E-state index in [0.29, 0.717) is 17.9 Å². The van der Waals surface area contributed by atoms with Crippen molar-refractivity contribution in [3.8, 4) is 5.75 Å². The Hall–Kier alpha value is -3.26. The van der Waals surface area contributed by atoms with Gasteiger partial charge in [0.1, 0.15) is 11.6 Å². The quantitative estimate of drug-likeness (QED) is 0.687. The van der Waals surface area contributed by atoms with Gasteiger partial charge < -0.3 is 14.6 Å². The molecule has 3 heterocycles. The average Bonchev–Trinajstić information content (AvgIpc) is 3.05. The van der Waals surface area contributed by atoms with E-state index in [2.05, 4.69) is 30.0 Å². The number of nitrogens with one attached hydrogen (secondary N) is 1. The van der Waals surface area contributed by atoms with Crippen LogP contribution in [-0.2, 0) is 26.1 Å². The number of carbonyl (C=O) groups is 1. The van der Waals surface area contributed by atoms with Crippen LogP contribution in [0.15, 0.2) is 48.7 Å². The fourth-order valence-corrected chi connectivity index (χ4v) is 3.52. The SMILES string of the molecule is COc1ccccc1C(=O)NCc1nnc2n1CCN(Cc1ccccn1)CC2. The van der Waals surface area contributed by atoms with E-state index < -0.39 is 0 Å². The molecule has 4 rings (SSSR count). The van der Waals surface area contributed by atoms with Gasteiger partial charge in [-0.15, -0.1) is 10.2 Å². The van der Waals surface area contributed by atoms with Crippen molar-refractivity contribution in [3.05, 3.63) is 71.6 Å². The Morgan fingerprint density at radius 3 is 2.79 bits per heavy atom. The third-order valence-electron chi connectivity index (χ3n) is 5.07. The highest BCUT2D eigenvalue weighted by molar-refractivity contribution is 5.96. The summed E-state index contributed by atoms with van der Waals surface area (Å²) in [5, 5.41) is 11.6. The van der Waals surface area contributed by atoms with Crippen molar-refractivity contribution in [2.45, 2.75) is 26.1 Å². The lowest BCUT2D eigenvalue weighted by molar-refractivity contribution is 0.0946. The van der Waals surface area contributed by atoms with Gasteiger partial charge in [-0.05, 0) is 24.3 Å². The number of pyridine rings is 1. The summed E-state index contributed by atoms with van der Waals surface area (Å²) in [4.78, 5) is 19.3. The van der Waals surface area contributed by atoms with Gasteiger partial charge >= 0.3 is 0 Å². The number of fused-ring (bicyclic) bond motifs is 1. The number of aromatic nitrogens is 4. The number of amides is 1. The number of carbonyl (C=O) groups excluding carboxylic acids is 1. The molecule has 0 radical (unpaired) electrons. The van der Waals surface area contributed by atoms with Gasteiger partial charge in [0.25, 0.3) is 5.91 Å². The van der Waals surface area contributed by atoms with Gasteiger partial charge in [-0.2, -0.15) is 0 Å². The van der Waals surface area contributed by atoms with Crippen LogP contribution in [0.1, 0.15) is 27.7 Å². The largest absolute Gasteiger partial charge is 0.496 e. The van der Waals surface area contributed by atoms with Crippen LogP contribution in [0, 0.1) is 0 Å². The molecule has 1 aliphatic heterocycles. The van der Waals surface area contributed by atoms with Gasteiger partial charge in [0.05, 0.1) is 24.9 Å². The van der Waals surface area contributed by atoms with Crippen molar-refractivity contribution in [1.29, 1.82) is 0 Å². The molecule has 1 N–H and O–H groups in total. The molecule has 0 fully saturated rings. The van der Waals surface area contributed by atoms with Crippen LogP contribution in [0.4, 0.5) is 0 Å². The first-order valence-electron chi connectivity index (χ1n) is 9.69. The minimum Gasteiger partial charge on any atom is -0.496 e. The second-order valence-electron chi connectivity index (χ2n) is 6.91. The lowest BCUT2D eigenvalue weighted by atomic mass is 10.2. The number of hydrogen-bond donors (Lipinski definition) is 1. The molecule has 0 saturated carbocycles. The maximum atomic E-state index is 12.5. The van der Waals surface area contributed by atoms with Crippen LogP contribution in [-0.4, -0.2) is 50.8 Å². The summed E-state index contributed by atoms with van der Waals surface area (Å²) < 4.78 is 7.38. The molecule has 0 spiro atoms. The zero-order valence-electron chi connectivity index (χ0n) is 16.4. The summed E-state index contributed by atoms with van der Waals surface area (Å²) in [5.74, 6) is 2.08. The summed E-state index contributed by atoms with van der Waals surface area (Å²) in [6.45, 7) is 3.72. The van der Waals surface area contributed by atoms with Crippen molar-refractivity contribution in [3.63, 3.8) is 0 Å². The third-order valence-corrected chi connectivity index (χ3v) is 5.07. The number of nitrogens with zero attached hydrogens (tertiary/aromatic N) is 5. The van der Waals surface area contributed by atoms with Crippen molar-refractivity contribution >= 4 is 5.91 Å². The van der Waals surface area contributed by atoms with Crippen molar-refractivity contribution < 1.29 is 9.53 Å². The molecule has 2 aromatic heterocycles. The summed E-state index contributed by atoms with van der Waals surface area (Å²) in [5.41, 5.74) is 1.57. The predicted molar refractivity (Wildman–Crippen MR) is 107 cm³/mol. The van der Waals surface area contributed by atoms with E-state index in [1.165, 1.54) is 0 Å². The lowest BCUT2D eigenvalue weighted by Gasteiger charge is -2.19. The van der Waals surface area contributed by atoms with E-state index in [1.54, 1.807) is 19.2 Å². The van der Waals surface area contributed by atoms with Crippen LogP contribution in [0.2, 0.25) is 0 Å². The van der Waals surface area contributed by atoms with Crippen LogP contribution >= 0.6 is 0 Å². The first-order valence-corrected chi connectivity index (χ1v) is 9.69. The average molecular weight is 392 g/mol. The monoisotopic (exact) mass is 392 g/mol. The number of hydrogen-bond acceptors (Lipinski definition) is 6. The molecule has 29 heavy (non-hydrogen) atoms. The molecule has 8 heteroatoms. The van der Waals surface area contributed by atoms with E-state index >= 15 is 0 Å². The second kappa shape index (κ2) is 8.83. The molecule has 3 aromatic rings. The maximum Gasteiger partial charge on any atom is 0.255 e. The Morgan fingerprint density at radius 2 is 1.97 bits per heavy atom. The van der Waals surface area contributed by atoms with E-state index in [4.69, 9.17) is 4.74 Å². The lowest BCUT2D eigenvalue weighted by Crippen LogP contribution is -2.28. The molecule has 0 saturated heterocycles. The zero-order chi connectivity index (χ0) is 20.1. The standard InChI is InChI=1S/C21H24N6O2/c1-29-18-8-3-2-7-17(18)21(28)23-14-20-25-24-19-9-11-26(12-13-27(19)20)15-16-6-4-5-10-22-16/h2-8,10H,9,11-15H2,1H3,(H,23,28). The van der Waals surface area contributed by atoms with Crippen molar-refractivity contribution in [1.82, 2.24) is 30.0 Å². The van der Waals surface area contributed by atoms with Gasteiger partial charge in [-0.3, -0.25) is 14.7 Å². The first kappa shape index (κ1) is 19.1. The van der Waals surface area contributed by atoms with Crippen molar-refractivity contribution in [2.75, 3.05) is 20.2 Å². The highest BCUT2D eigenvalue weighted by atomic mass is 16.5. The van der Waals surface area contributed by atoms with E-state index in [-0.39, 0.29) is 5.91 Å². The summed E-state index contributed by atoms with van der Waals surface area (Å²) in [6, 6.07) is 13.2. The minimum atomic E-state index is -0.190. The number of methoxy groups -OCH3 is 1. The predicted octanol–water partition coefficient (Wildman–Crippen LogP) is 1.67. The van der Waals surface area contributed by atoms with Crippen LogP contribution in [0.5, 0.6) is 5.75 Å². The smallest absolute Gasteiger partial charge is 0.255 e. The molecule has 0 aliphatic carbocycles. The van der Waals surface area contributed by atoms with Crippen LogP contribution < -0.4 is 10.1 Å². The van der Waals surface area contributed by atoms with E-state index in [9.17, 15) is 4.79 Å². The molecule has 0 unspecified atom stereocenters. The van der Waals surface area contributed by atoms with Gasteiger partial charge in [0.15, 0.2) is 5.82 Å². The van der Waals surface area contributed by atoms with Gasteiger partial charge in [0, 0.05) is 38.8 Å². The molecule has 0 atom stereocenters. The van der Waals surface area contributed by atoms with Gasteiger partial charge in [0.2, 0.25) is 0 Å². The molecule has 1 amide bonds. The normalized spacial score (nSPS) is 14.1. The Balaban J connectivity index is 1.39. The number of ether oxygens (including phenoxy) is 1. The minimum absolute atomic E-state index is 0.190. The third kappa shape index (κ3) is 4.43. The van der Waals surface area contributed by atoms with Gasteiger partial charge in [-0.1, -0.05) is 18.2 Å². The highest BCUT2D eigenvalue weighted by Crippen LogP contribution is 2.17. The molecule has 0 bridgehead atoms. The van der Waals surface area contributed by atoms with Gasteiger partial charge in [-0.25, -0.2) is 0 Å².